The number of hydrogen-bond acceptors (Lipinski definition) is 5. The van der Waals surface area contributed by atoms with E-state index in [1.807, 2.05) is 6.92 Å². The predicted octanol–water partition coefficient (Wildman–Crippen LogP) is 1.97. The minimum atomic E-state index is -0.508. The summed E-state index contributed by atoms with van der Waals surface area (Å²) in [6, 6.07) is 4.15. The Labute approximate surface area is 107 Å². The Morgan fingerprint density at radius 1 is 1.56 bits per heavy atom. The van der Waals surface area contributed by atoms with Crippen LogP contribution in [0.3, 0.4) is 0 Å². The van der Waals surface area contributed by atoms with E-state index >= 15 is 0 Å². The van der Waals surface area contributed by atoms with Gasteiger partial charge in [0.1, 0.15) is 0 Å². The molecule has 18 heavy (non-hydrogen) atoms. The second-order valence-electron chi connectivity index (χ2n) is 3.58. The normalized spacial score (nSPS) is 10.6. The van der Waals surface area contributed by atoms with Crippen LogP contribution in [0.25, 0.3) is 5.69 Å². The lowest BCUT2D eigenvalue weighted by Gasteiger charge is -2.06. The summed E-state index contributed by atoms with van der Waals surface area (Å²) in [5.74, 6) is 0.326. The van der Waals surface area contributed by atoms with Crippen molar-refractivity contribution in [2.24, 2.45) is 0 Å². The highest BCUT2D eigenvalue weighted by Crippen LogP contribution is 2.26. The third-order valence-corrected chi connectivity index (χ3v) is 2.80. The van der Waals surface area contributed by atoms with Crippen LogP contribution in [0.1, 0.15) is 12.6 Å². The SMILES string of the molecule is CCc1c(N)nnn1-c1ccc([N+](=O)[O-])cc1Cl. The van der Waals surface area contributed by atoms with E-state index in [-0.39, 0.29) is 10.7 Å². The minimum Gasteiger partial charge on any atom is -0.381 e. The maximum Gasteiger partial charge on any atom is 0.271 e. The molecule has 0 aliphatic carbocycles. The molecule has 0 aliphatic heterocycles. The summed E-state index contributed by atoms with van der Waals surface area (Å²) < 4.78 is 1.49. The average molecular weight is 268 g/mol. The fraction of sp³-hybridized carbons (Fsp3) is 0.200. The van der Waals surface area contributed by atoms with Gasteiger partial charge in [-0.15, -0.1) is 5.10 Å². The van der Waals surface area contributed by atoms with Crippen LogP contribution in [-0.2, 0) is 6.42 Å². The zero-order chi connectivity index (χ0) is 13.3. The van der Waals surface area contributed by atoms with Gasteiger partial charge in [-0.1, -0.05) is 23.7 Å². The van der Waals surface area contributed by atoms with E-state index in [1.54, 1.807) is 0 Å². The van der Waals surface area contributed by atoms with Gasteiger partial charge in [0.15, 0.2) is 5.82 Å². The largest absolute Gasteiger partial charge is 0.381 e. The third-order valence-electron chi connectivity index (χ3n) is 2.50. The number of halogens is 1. The summed E-state index contributed by atoms with van der Waals surface area (Å²) in [7, 11) is 0. The number of nitrogen functional groups attached to an aromatic ring is 1. The Balaban J connectivity index is 2.54. The number of non-ortho nitro benzene ring substituents is 1. The van der Waals surface area contributed by atoms with Crippen LogP contribution in [0.5, 0.6) is 0 Å². The summed E-state index contributed by atoms with van der Waals surface area (Å²) in [5.41, 5.74) is 6.83. The van der Waals surface area contributed by atoms with Crippen LogP contribution in [0.4, 0.5) is 11.5 Å². The van der Waals surface area contributed by atoms with Crippen LogP contribution in [0, 0.1) is 10.1 Å². The maximum atomic E-state index is 10.6. The molecule has 2 rings (SSSR count). The Morgan fingerprint density at radius 2 is 2.28 bits per heavy atom. The number of hydrogen-bond donors (Lipinski definition) is 1. The van der Waals surface area contributed by atoms with Gasteiger partial charge >= 0.3 is 0 Å². The summed E-state index contributed by atoms with van der Waals surface area (Å²) in [5, 5.41) is 18.5. The number of anilines is 1. The molecule has 94 valence electrons. The fourth-order valence-electron chi connectivity index (χ4n) is 1.62. The van der Waals surface area contributed by atoms with Crippen LogP contribution in [0.2, 0.25) is 5.02 Å². The molecule has 1 aromatic carbocycles. The first kappa shape index (κ1) is 12.3. The highest BCUT2D eigenvalue weighted by Gasteiger charge is 2.15. The third kappa shape index (κ3) is 2.00. The number of nitro groups is 1. The zero-order valence-electron chi connectivity index (χ0n) is 9.50. The molecule has 0 bridgehead atoms. The van der Waals surface area contributed by atoms with Gasteiger partial charge in [0.05, 0.1) is 21.3 Å². The molecule has 0 aliphatic rings. The van der Waals surface area contributed by atoms with Gasteiger partial charge in [-0.2, -0.15) is 0 Å². The molecule has 0 amide bonds. The Bertz CT molecular complexity index is 610. The molecule has 0 saturated carbocycles. The van der Waals surface area contributed by atoms with Crippen LogP contribution in [0.15, 0.2) is 18.2 Å². The lowest BCUT2D eigenvalue weighted by atomic mass is 10.2. The monoisotopic (exact) mass is 267 g/mol. The number of rotatable bonds is 3. The van der Waals surface area contributed by atoms with Gasteiger partial charge in [0.25, 0.3) is 5.69 Å². The lowest BCUT2D eigenvalue weighted by molar-refractivity contribution is -0.384. The highest BCUT2D eigenvalue weighted by atomic mass is 35.5. The smallest absolute Gasteiger partial charge is 0.271 e. The van der Waals surface area contributed by atoms with Crippen molar-refractivity contribution in [3.05, 3.63) is 39.0 Å². The fourth-order valence-corrected chi connectivity index (χ4v) is 1.87. The van der Waals surface area contributed by atoms with Crippen molar-refractivity contribution in [3.8, 4) is 5.69 Å². The standard InChI is InChI=1S/C10H10ClN5O2/c1-2-8-10(12)13-14-15(8)9-4-3-6(16(17)18)5-7(9)11/h3-5H,2,12H2,1H3. The molecular weight excluding hydrogens is 258 g/mol. The van der Waals surface area contributed by atoms with E-state index in [1.165, 1.54) is 22.9 Å². The van der Waals surface area contributed by atoms with Crippen LogP contribution >= 0.6 is 11.6 Å². The van der Waals surface area contributed by atoms with Gasteiger partial charge in [-0.3, -0.25) is 10.1 Å². The molecular formula is C10H10ClN5O2. The number of nitrogens with zero attached hydrogens (tertiary/aromatic N) is 4. The summed E-state index contributed by atoms with van der Waals surface area (Å²) in [6.45, 7) is 1.91. The zero-order valence-corrected chi connectivity index (χ0v) is 10.3. The van der Waals surface area contributed by atoms with Gasteiger partial charge in [0.2, 0.25) is 0 Å². The second-order valence-corrected chi connectivity index (χ2v) is 3.99. The van der Waals surface area contributed by atoms with E-state index in [0.29, 0.717) is 23.6 Å². The van der Waals surface area contributed by atoms with Gasteiger partial charge in [-0.05, 0) is 12.5 Å². The number of aromatic nitrogens is 3. The van der Waals surface area contributed by atoms with Crippen molar-refractivity contribution < 1.29 is 4.92 Å². The molecule has 2 aromatic rings. The van der Waals surface area contributed by atoms with Crippen molar-refractivity contribution in [1.29, 1.82) is 0 Å². The first-order valence-corrected chi connectivity index (χ1v) is 5.56. The molecule has 1 heterocycles. The van der Waals surface area contributed by atoms with Gasteiger partial charge in [0, 0.05) is 12.1 Å². The van der Waals surface area contributed by atoms with Gasteiger partial charge < -0.3 is 5.73 Å². The van der Waals surface area contributed by atoms with Crippen LogP contribution in [-0.4, -0.2) is 19.9 Å². The van der Waals surface area contributed by atoms with E-state index < -0.39 is 4.92 Å². The number of nitro benzene ring substituents is 1. The molecule has 0 unspecified atom stereocenters. The maximum absolute atomic E-state index is 10.6. The van der Waals surface area contributed by atoms with E-state index in [0.717, 1.165) is 0 Å². The summed E-state index contributed by atoms with van der Waals surface area (Å²) in [6.07, 6.45) is 0.631. The molecule has 1 aromatic heterocycles. The van der Waals surface area contributed by atoms with Crippen molar-refractivity contribution in [3.63, 3.8) is 0 Å². The Hall–Kier alpha value is -2.15. The Morgan fingerprint density at radius 3 is 2.83 bits per heavy atom. The quantitative estimate of drug-likeness (QED) is 0.677. The van der Waals surface area contributed by atoms with Crippen LogP contribution < -0.4 is 5.73 Å². The molecule has 8 heteroatoms. The van der Waals surface area contributed by atoms with Crippen molar-refractivity contribution >= 4 is 23.1 Å². The first-order valence-electron chi connectivity index (χ1n) is 5.19. The lowest BCUT2D eigenvalue weighted by Crippen LogP contribution is -2.03. The molecule has 7 nitrogen and oxygen atoms in total. The topological polar surface area (TPSA) is 99.9 Å². The molecule has 0 atom stereocenters. The Kier molecular flexibility index (Phi) is 3.15. The number of benzene rings is 1. The van der Waals surface area contributed by atoms with Crippen molar-refractivity contribution in [2.45, 2.75) is 13.3 Å². The highest BCUT2D eigenvalue weighted by molar-refractivity contribution is 6.32. The second kappa shape index (κ2) is 4.61. The van der Waals surface area contributed by atoms with E-state index in [9.17, 15) is 10.1 Å². The predicted molar refractivity (Wildman–Crippen MR) is 66.8 cm³/mol. The van der Waals surface area contributed by atoms with Gasteiger partial charge in [-0.25, -0.2) is 4.68 Å². The number of nitrogens with two attached hydrogens (primary N) is 1. The van der Waals surface area contributed by atoms with Crippen molar-refractivity contribution in [2.75, 3.05) is 5.73 Å². The summed E-state index contributed by atoms with van der Waals surface area (Å²) in [4.78, 5) is 10.1. The minimum absolute atomic E-state index is 0.0742. The first-order chi connectivity index (χ1) is 8.54. The molecule has 0 saturated heterocycles. The molecule has 0 fully saturated rings. The summed E-state index contributed by atoms with van der Waals surface area (Å²) >= 11 is 6.01. The molecule has 0 radical (unpaired) electrons. The molecule has 0 spiro atoms. The molecule has 2 N–H and O–H groups in total. The van der Waals surface area contributed by atoms with E-state index in [4.69, 9.17) is 17.3 Å². The van der Waals surface area contributed by atoms with E-state index in [2.05, 4.69) is 10.3 Å². The average Bonchev–Trinajstić information content (AvgIpc) is 2.70. The van der Waals surface area contributed by atoms with Crippen molar-refractivity contribution in [1.82, 2.24) is 15.0 Å².